The standard InChI is InChI=1S/C33H55NO8S/c1-7-20(2)31(38)42-23-12-15-32(4)22(18-23)19-27(35)30-25-10-9-24(33(25,5)16-13-26(30)32)21(3)8-11-29(37)41-17-14-28(36)34-43(6,39)40/h20-27,30,35H,7-19H2,1-6H3,(H,34,36). The molecule has 0 heterocycles. The molecular weight excluding hydrogens is 570 g/mol. The number of nitrogens with one attached hydrogen (secondary N) is 1. The van der Waals surface area contributed by atoms with Crippen molar-refractivity contribution in [1.82, 2.24) is 4.72 Å². The third-order valence-corrected chi connectivity index (χ3v) is 13.0. The summed E-state index contributed by atoms with van der Waals surface area (Å²) in [4.78, 5) is 36.5. The van der Waals surface area contributed by atoms with E-state index in [0.717, 1.165) is 64.0 Å². The van der Waals surface area contributed by atoms with E-state index in [0.29, 0.717) is 41.9 Å². The summed E-state index contributed by atoms with van der Waals surface area (Å²) < 4.78 is 35.3. The van der Waals surface area contributed by atoms with E-state index >= 15 is 0 Å². The molecule has 0 aromatic rings. The Kier molecular flexibility index (Phi) is 10.6. The van der Waals surface area contributed by atoms with Gasteiger partial charge in [-0.1, -0.05) is 34.6 Å². The lowest BCUT2D eigenvalue weighted by atomic mass is 9.43. The summed E-state index contributed by atoms with van der Waals surface area (Å²) in [6.07, 6.45) is 10.2. The third-order valence-electron chi connectivity index (χ3n) is 12.4. The minimum Gasteiger partial charge on any atom is -0.465 e. The molecule has 1 amide bonds. The number of hydrogen-bond donors (Lipinski definition) is 2. The van der Waals surface area contributed by atoms with E-state index in [1.54, 1.807) is 0 Å². The van der Waals surface area contributed by atoms with Crippen molar-refractivity contribution in [2.75, 3.05) is 12.9 Å². The summed E-state index contributed by atoms with van der Waals surface area (Å²) in [5.41, 5.74) is 0.289. The second kappa shape index (κ2) is 13.4. The van der Waals surface area contributed by atoms with Crippen LogP contribution in [0.15, 0.2) is 0 Å². The van der Waals surface area contributed by atoms with Crippen molar-refractivity contribution in [3.05, 3.63) is 0 Å². The number of aliphatic hydroxyl groups is 1. The van der Waals surface area contributed by atoms with Crippen molar-refractivity contribution in [1.29, 1.82) is 0 Å². The lowest BCUT2D eigenvalue weighted by Gasteiger charge is -2.62. The highest BCUT2D eigenvalue weighted by atomic mass is 32.2. The van der Waals surface area contributed by atoms with Crippen LogP contribution in [0.25, 0.3) is 0 Å². The van der Waals surface area contributed by atoms with E-state index in [2.05, 4.69) is 20.8 Å². The van der Waals surface area contributed by atoms with Crippen LogP contribution in [0.5, 0.6) is 0 Å². The molecule has 246 valence electrons. The molecule has 43 heavy (non-hydrogen) atoms. The number of esters is 2. The highest BCUT2D eigenvalue weighted by Gasteiger charge is 2.63. The zero-order valence-corrected chi connectivity index (χ0v) is 27.9. The summed E-state index contributed by atoms with van der Waals surface area (Å²) >= 11 is 0. The van der Waals surface area contributed by atoms with Crippen LogP contribution in [0.3, 0.4) is 0 Å². The maximum absolute atomic E-state index is 12.5. The Morgan fingerprint density at radius 2 is 1.65 bits per heavy atom. The third kappa shape index (κ3) is 7.42. The summed E-state index contributed by atoms with van der Waals surface area (Å²) in [7, 11) is -3.62. The molecule has 4 aliphatic rings. The Hall–Kier alpha value is -1.68. The molecule has 4 rings (SSSR count). The highest BCUT2D eigenvalue weighted by Crippen LogP contribution is 2.68. The van der Waals surface area contributed by atoms with Gasteiger partial charge in [0.25, 0.3) is 0 Å². The van der Waals surface area contributed by atoms with Gasteiger partial charge in [-0.05, 0) is 111 Å². The zero-order valence-electron chi connectivity index (χ0n) is 27.1. The van der Waals surface area contributed by atoms with E-state index in [-0.39, 0.29) is 60.3 Å². The van der Waals surface area contributed by atoms with Gasteiger partial charge in [0.15, 0.2) is 0 Å². The van der Waals surface area contributed by atoms with Crippen molar-refractivity contribution in [2.24, 2.45) is 52.3 Å². The molecule has 0 saturated heterocycles. The highest BCUT2D eigenvalue weighted by molar-refractivity contribution is 7.89. The van der Waals surface area contributed by atoms with Crippen molar-refractivity contribution >= 4 is 27.9 Å². The molecule has 2 N–H and O–H groups in total. The first-order chi connectivity index (χ1) is 20.1. The van der Waals surface area contributed by atoms with Gasteiger partial charge in [-0.3, -0.25) is 19.1 Å². The first-order valence-corrected chi connectivity index (χ1v) is 18.5. The summed E-state index contributed by atoms with van der Waals surface area (Å²) in [5, 5.41) is 11.7. The average molecular weight is 626 g/mol. The van der Waals surface area contributed by atoms with Gasteiger partial charge in [-0.15, -0.1) is 0 Å². The molecular formula is C33H55NO8S. The van der Waals surface area contributed by atoms with E-state index in [1.807, 2.05) is 18.6 Å². The quantitative estimate of drug-likeness (QED) is 0.306. The van der Waals surface area contributed by atoms with E-state index < -0.39 is 15.9 Å². The van der Waals surface area contributed by atoms with Gasteiger partial charge in [-0.25, -0.2) is 8.42 Å². The topological polar surface area (TPSA) is 136 Å². The van der Waals surface area contributed by atoms with Crippen molar-refractivity contribution in [3.63, 3.8) is 0 Å². The maximum Gasteiger partial charge on any atom is 0.308 e. The number of aliphatic hydroxyl groups excluding tert-OH is 1. The number of fused-ring (bicyclic) bond motifs is 5. The lowest BCUT2D eigenvalue weighted by molar-refractivity contribution is -0.184. The second-order valence-corrected chi connectivity index (χ2v) is 16.7. The molecule has 0 aliphatic heterocycles. The van der Waals surface area contributed by atoms with Gasteiger partial charge in [-0.2, -0.15) is 0 Å². The van der Waals surface area contributed by atoms with Crippen LogP contribution in [0.4, 0.5) is 0 Å². The molecule has 0 radical (unpaired) electrons. The average Bonchev–Trinajstić information content (AvgIpc) is 3.28. The molecule has 0 aromatic heterocycles. The van der Waals surface area contributed by atoms with E-state index in [9.17, 15) is 27.9 Å². The fourth-order valence-electron chi connectivity index (χ4n) is 9.85. The molecule has 0 spiro atoms. The van der Waals surface area contributed by atoms with Crippen molar-refractivity contribution in [2.45, 2.75) is 124 Å². The molecule has 0 aromatic carbocycles. The molecule has 4 saturated carbocycles. The van der Waals surface area contributed by atoms with Gasteiger partial charge in [0.05, 0.1) is 24.7 Å². The molecule has 11 unspecified atom stereocenters. The van der Waals surface area contributed by atoms with Crippen LogP contribution in [-0.2, 0) is 33.9 Å². The Morgan fingerprint density at radius 3 is 2.33 bits per heavy atom. The van der Waals surface area contributed by atoms with Crippen LogP contribution in [0.2, 0.25) is 0 Å². The van der Waals surface area contributed by atoms with Crippen LogP contribution >= 0.6 is 0 Å². The normalized spacial score (nSPS) is 38.5. The molecule has 4 fully saturated rings. The predicted octanol–water partition coefficient (Wildman–Crippen LogP) is 5.00. The van der Waals surface area contributed by atoms with Crippen molar-refractivity contribution in [3.8, 4) is 0 Å². The molecule has 10 heteroatoms. The first kappa shape index (κ1) is 34.2. The minimum absolute atomic E-state index is 0.0368. The van der Waals surface area contributed by atoms with E-state index in [4.69, 9.17) is 9.47 Å². The number of sulfonamides is 1. The monoisotopic (exact) mass is 625 g/mol. The van der Waals surface area contributed by atoms with Crippen LogP contribution in [-0.4, -0.2) is 56.4 Å². The Labute approximate surface area is 258 Å². The summed E-state index contributed by atoms with van der Waals surface area (Å²) in [5.74, 6) is 1.19. The summed E-state index contributed by atoms with van der Waals surface area (Å²) in [6.45, 7) is 10.9. The Balaban J connectivity index is 1.32. The first-order valence-electron chi connectivity index (χ1n) is 16.6. The largest absolute Gasteiger partial charge is 0.465 e. The van der Waals surface area contributed by atoms with Gasteiger partial charge in [0.2, 0.25) is 15.9 Å². The van der Waals surface area contributed by atoms with Crippen LogP contribution < -0.4 is 4.72 Å². The van der Waals surface area contributed by atoms with Gasteiger partial charge >= 0.3 is 11.9 Å². The number of hydrogen-bond acceptors (Lipinski definition) is 8. The SMILES string of the molecule is CCC(C)C(=O)OC1CCC2(C)C(C1)CC(O)C1C2CCC2(C)C(C(C)CCC(=O)OCCC(=O)NS(C)(=O)=O)CCC12. The lowest BCUT2D eigenvalue weighted by Crippen LogP contribution is -2.58. The van der Waals surface area contributed by atoms with Crippen molar-refractivity contribution < 1.29 is 37.4 Å². The van der Waals surface area contributed by atoms with Crippen LogP contribution in [0.1, 0.15) is 112 Å². The molecule has 0 bridgehead atoms. The number of carbonyl (C=O) groups is 3. The van der Waals surface area contributed by atoms with Gasteiger partial charge < -0.3 is 14.6 Å². The minimum atomic E-state index is -3.62. The number of carbonyl (C=O) groups excluding carboxylic acids is 3. The van der Waals surface area contributed by atoms with E-state index in [1.165, 1.54) is 0 Å². The van der Waals surface area contributed by atoms with Gasteiger partial charge in [0.1, 0.15) is 12.7 Å². The number of amides is 1. The fourth-order valence-corrected chi connectivity index (χ4v) is 10.4. The molecule has 4 aliphatic carbocycles. The number of rotatable bonds is 11. The molecule has 11 atom stereocenters. The summed E-state index contributed by atoms with van der Waals surface area (Å²) in [6, 6.07) is 0. The molecule has 9 nitrogen and oxygen atoms in total. The smallest absolute Gasteiger partial charge is 0.308 e. The maximum atomic E-state index is 12.5. The number of ether oxygens (including phenoxy) is 2. The predicted molar refractivity (Wildman–Crippen MR) is 163 cm³/mol. The zero-order chi connectivity index (χ0) is 31.7. The fraction of sp³-hybridized carbons (Fsp3) is 0.909. The second-order valence-electron chi connectivity index (χ2n) is 15.0. The Morgan fingerprint density at radius 1 is 0.977 bits per heavy atom. The Bertz CT molecular complexity index is 1140. The van der Waals surface area contributed by atoms with Gasteiger partial charge in [0, 0.05) is 6.42 Å². The van der Waals surface area contributed by atoms with Crippen LogP contribution in [0, 0.1) is 52.3 Å².